The molecule has 0 saturated heterocycles. The van der Waals surface area contributed by atoms with E-state index in [1.54, 1.807) is 13.8 Å². The predicted octanol–water partition coefficient (Wildman–Crippen LogP) is -3.98. The maximum absolute atomic E-state index is 11.5. The first-order chi connectivity index (χ1) is 7.75. The minimum absolute atomic E-state index is 0.00598. The van der Waals surface area contributed by atoms with Gasteiger partial charge in [0.15, 0.2) is 6.04 Å². The van der Waals surface area contributed by atoms with Crippen molar-refractivity contribution >= 4 is 17.8 Å². The third-order valence-electron chi connectivity index (χ3n) is 2.29. The molecule has 7 heteroatoms. The van der Waals surface area contributed by atoms with Crippen LogP contribution in [0.25, 0.3) is 0 Å². The number of carbonyl (C=O) groups excluding carboxylic acids is 3. The molecule has 0 heterocycles. The van der Waals surface area contributed by atoms with Crippen molar-refractivity contribution < 1.29 is 30.3 Å². The van der Waals surface area contributed by atoms with Gasteiger partial charge in [-0.2, -0.15) is 0 Å². The minimum atomic E-state index is -1.37. The van der Waals surface area contributed by atoms with Gasteiger partial charge in [-0.1, -0.05) is 13.8 Å². The highest BCUT2D eigenvalue weighted by atomic mass is 16.4. The van der Waals surface area contributed by atoms with Gasteiger partial charge >= 0.3 is 0 Å². The van der Waals surface area contributed by atoms with E-state index in [-0.39, 0.29) is 18.8 Å². The summed E-state index contributed by atoms with van der Waals surface area (Å²) in [6.45, 7) is 3.25. The Hall–Kier alpha value is -1.63. The summed E-state index contributed by atoms with van der Waals surface area (Å²) in [5.74, 6) is -3.57. The zero-order chi connectivity index (χ0) is 13.6. The Morgan fingerprint density at radius 1 is 1.24 bits per heavy atom. The molecule has 0 radical (unpaired) electrons. The van der Waals surface area contributed by atoms with Crippen LogP contribution in [0.2, 0.25) is 0 Å². The van der Waals surface area contributed by atoms with Crippen LogP contribution in [0.3, 0.4) is 0 Å². The summed E-state index contributed by atoms with van der Waals surface area (Å²) in [6, 6.07) is -1.93. The van der Waals surface area contributed by atoms with Crippen LogP contribution in [0.15, 0.2) is 0 Å². The van der Waals surface area contributed by atoms with Gasteiger partial charge in [-0.15, -0.1) is 0 Å². The van der Waals surface area contributed by atoms with Gasteiger partial charge in [0.05, 0.1) is 12.0 Å². The van der Waals surface area contributed by atoms with Gasteiger partial charge in [-0.3, -0.25) is 4.79 Å². The lowest BCUT2D eigenvalue weighted by Gasteiger charge is -2.24. The summed E-state index contributed by atoms with van der Waals surface area (Å²) in [4.78, 5) is 32.4. The number of nitrogens with one attached hydrogen (secondary N) is 1. The number of carbonyl (C=O) groups is 3. The normalized spacial score (nSPS) is 14.1. The summed E-state index contributed by atoms with van der Waals surface area (Å²) >= 11 is 0. The van der Waals surface area contributed by atoms with Gasteiger partial charge in [0.2, 0.25) is 0 Å². The molecule has 98 valence electrons. The van der Waals surface area contributed by atoms with Crippen molar-refractivity contribution in [1.82, 2.24) is 5.32 Å². The van der Waals surface area contributed by atoms with E-state index in [1.165, 1.54) is 0 Å². The molecule has 4 N–H and O–H groups in total. The van der Waals surface area contributed by atoms with Crippen LogP contribution in [0.4, 0.5) is 0 Å². The van der Waals surface area contributed by atoms with Crippen LogP contribution < -0.4 is 21.3 Å². The average molecular weight is 245 g/mol. The van der Waals surface area contributed by atoms with Crippen LogP contribution in [0.1, 0.15) is 26.7 Å². The molecule has 0 spiro atoms. The number of hydrogen-bond donors (Lipinski definition) is 2. The second-order valence-corrected chi connectivity index (χ2v) is 4.16. The van der Waals surface area contributed by atoms with Gasteiger partial charge in [0, 0.05) is 12.4 Å². The molecule has 0 aromatic carbocycles. The fraction of sp³-hybridized carbons (Fsp3) is 0.700. The Balaban J connectivity index is 4.31. The molecule has 7 nitrogen and oxygen atoms in total. The Labute approximate surface area is 99.0 Å². The van der Waals surface area contributed by atoms with E-state index in [0.29, 0.717) is 0 Å². The quantitative estimate of drug-likeness (QED) is 0.471. The first kappa shape index (κ1) is 15.4. The Morgan fingerprint density at radius 2 is 1.76 bits per heavy atom. The maximum atomic E-state index is 11.5. The van der Waals surface area contributed by atoms with E-state index < -0.39 is 29.9 Å². The molecule has 0 aromatic rings. The Bertz CT molecular complexity index is 303. The van der Waals surface area contributed by atoms with E-state index in [0.717, 1.165) is 0 Å². The van der Waals surface area contributed by atoms with Gasteiger partial charge in [0.1, 0.15) is 0 Å². The molecular weight excluding hydrogens is 228 g/mol. The van der Waals surface area contributed by atoms with Gasteiger partial charge in [-0.25, -0.2) is 0 Å². The molecule has 1 amide bonds. The predicted molar refractivity (Wildman–Crippen MR) is 52.7 cm³/mol. The molecule has 0 bridgehead atoms. The summed E-state index contributed by atoms with van der Waals surface area (Å²) in [5, 5.41) is 23.2. The highest BCUT2D eigenvalue weighted by Gasteiger charge is 2.23. The number of rotatable bonds is 7. The first-order valence-corrected chi connectivity index (χ1v) is 5.29. The highest BCUT2D eigenvalue weighted by molar-refractivity contribution is 5.85. The molecule has 0 rings (SSSR count). The first-order valence-electron chi connectivity index (χ1n) is 5.29. The molecule has 0 aliphatic heterocycles. The largest absolute Gasteiger partial charge is 0.550 e. The lowest BCUT2D eigenvalue weighted by Crippen LogP contribution is -2.69. The third kappa shape index (κ3) is 5.86. The van der Waals surface area contributed by atoms with E-state index in [4.69, 9.17) is 0 Å². The fourth-order valence-electron chi connectivity index (χ4n) is 1.19. The molecule has 2 atom stereocenters. The lowest BCUT2D eigenvalue weighted by molar-refractivity contribution is -0.406. The smallest absolute Gasteiger partial charge is 0.278 e. The van der Waals surface area contributed by atoms with E-state index in [1.807, 2.05) is 0 Å². The number of amides is 1. The minimum Gasteiger partial charge on any atom is -0.550 e. The van der Waals surface area contributed by atoms with Gasteiger partial charge < -0.3 is 30.9 Å². The Morgan fingerprint density at radius 3 is 2.12 bits per heavy atom. The van der Waals surface area contributed by atoms with E-state index in [9.17, 15) is 24.6 Å². The number of hydrogen-bond acceptors (Lipinski definition) is 5. The monoisotopic (exact) mass is 245 g/mol. The standard InChI is InChI=1S/C10H18N2O5/c1-5(2)8(10(16)17)12-9(15)6(11)3-4-7(13)14/h5-6,8H,3-4,11H2,1-2H3,(H,12,15)(H,13,14)(H,16,17)/p-1/t6-,8-/m0/s1. The molecule has 0 saturated carbocycles. The zero-order valence-electron chi connectivity index (χ0n) is 9.89. The van der Waals surface area contributed by atoms with Crippen molar-refractivity contribution in [1.29, 1.82) is 0 Å². The summed E-state index contributed by atoms with van der Waals surface area (Å²) < 4.78 is 0. The van der Waals surface area contributed by atoms with Crippen molar-refractivity contribution in [3.63, 3.8) is 0 Å². The van der Waals surface area contributed by atoms with Crippen LogP contribution in [0, 0.1) is 5.92 Å². The van der Waals surface area contributed by atoms with Crippen molar-refractivity contribution in [2.75, 3.05) is 0 Å². The summed E-state index contributed by atoms with van der Waals surface area (Å²) in [7, 11) is 0. The fourth-order valence-corrected chi connectivity index (χ4v) is 1.19. The van der Waals surface area contributed by atoms with Crippen molar-refractivity contribution in [2.24, 2.45) is 5.92 Å². The molecule has 17 heavy (non-hydrogen) atoms. The van der Waals surface area contributed by atoms with Crippen molar-refractivity contribution in [2.45, 2.75) is 38.8 Å². The van der Waals surface area contributed by atoms with E-state index in [2.05, 4.69) is 11.1 Å². The topological polar surface area (TPSA) is 137 Å². The number of quaternary nitrogens is 1. The second kappa shape index (κ2) is 6.85. The van der Waals surface area contributed by atoms with Crippen molar-refractivity contribution in [3.05, 3.63) is 0 Å². The molecule has 0 aliphatic carbocycles. The molecule has 0 aromatic heterocycles. The Kier molecular flexibility index (Phi) is 6.19. The molecular formula is C10H17N2O5-. The van der Waals surface area contributed by atoms with Crippen LogP contribution in [0.5, 0.6) is 0 Å². The lowest BCUT2D eigenvalue weighted by atomic mass is 10.0. The van der Waals surface area contributed by atoms with Crippen LogP contribution >= 0.6 is 0 Å². The molecule has 0 unspecified atom stereocenters. The number of aliphatic carboxylic acids is 2. The van der Waals surface area contributed by atoms with Crippen molar-refractivity contribution in [3.8, 4) is 0 Å². The number of carboxylic acids is 2. The average Bonchev–Trinajstić information content (AvgIpc) is 2.20. The SMILES string of the molecule is CC(C)[C@H](NC(=O)[C@@H]([NH3+])CCC(=O)[O-])C(=O)[O-]. The summed E-state index contributed by atoms with van der Waals surface area (Å²) in [5.41, 5.74) is 3.47. The van der Waals surface area contributed by atoms with E-state index >= 15 is 0 Å². The van der Waals surface area contributed by atoms with Crippen LogP contribution in [-0.2, 0) is 14.4 Å². The van der Waals surface area contributed by atoms with Crippen LogP contribution in [-0.4, -0.2) is 29.9 Å². The van der Waals surface area contributed by atoms with Gasteiger partial charge in [-0.05, 0) is 12.3 Å². The maximum Gasteiger partial charge on any atom is 0.278 e. The third-order valence-corrected chi connectivity index (χ3v) is 2.29. The summed E-state index contributed by atoms with van der Waals surface area (Å²) in [6.07, 6.45) is -0.286. The molecule has 0 aliphatic rings. The zero-order valence-corrected chi connectivity index (χ0v) is 9.89. The molecule has 0 fully saturated rings. The second-order valence-electron chi connectivity index (χ2n) is 4.16. The highest BCUT2D eigenvalue weighted by Crippen LogP contribution is 2.01. The van der Waals surface area contributed by atoms with Gasteiger partial charge in [0.25, 0.3) is 5.91 Å². The number of carboxylic acid groups (broad SMARTS) is 2.